The monoisotopic (exact) mass is 373 g/mol. The Morgan fingerprint density at radius 2 is 1.92 bits per heavy atom. The van der Waals surface area contributed by atoms with Gasteiger partial charge in [-0.2, -0.15) is 4.31 Å². The fourth-order valence-corrected chi connectivity index (χ4v) is 4.67. The second-order valence-electron chi connectivity index (χ2n) is 6.58. The lowest BCUT2D eigenvalue weighted by Gasteiger charge is -2.31. The normalized spacial score (nSPS) is 18.4. The first kappa shape index (κ1) is 18.4. The van der Waals surface area contributed by atoms with Crippen molar-refractivity contribution in [2.45, 2.75) is 24.7 Å². The van der Waals surface area contributed by atoms with Gasteiger partial charge in [0.25, 0.3) is 0 Å². The maximum Gasteiger partial charge on any atom is 0.243 e. The van der Waals surface area contributed by atoms with Gasteiger partial charge in [0.15, 0.2) is 0 Å². The van der Waals surface area contributed by atoms with E-state index in [1.54, 1.807) is 42.5 Å². The Morgan fingerprint density at radius 3 is 2.65 bits per heavy atom. The summed E-state index contributed by atoms with van der Waals surface area (Å²) in [5, 5.41) is 2.89. The predicted octanol–water partition coefficient (Wildman–Crippen LogP) is 2.62. The lowest BCUT2D eigenvalue weighted by molar-refractivity contribution is -0.120. The summed E-state index contributed by atoms with van der Waals surface area (Å²) in [5.41, 5.74) is 7.94. The number of nitrogens with zero attached hydrogens (tertiary/aromatic N) is 1. The summed E-state index contributed by atoms with van der Waals surface area (Å²) in [6.07, 6.45) is 1.31. The molecule has 26 heavy (non-hydrogen) atoms. The molecule has 1 fully saturated rings. The molecule has 2 aromatic carbocycles. The molecule has 1 unspecified atom stereocenters. The zero-order valence-corrected chi connectivity index (χ0v) is 15.5. The molecule has 1 heterocycles. The molecule has 1 amide bonds. The molecule has 3 N–H and O–H groups in total. The number of rotatable bonds is 4. The van der Waals surface area contributed by atoms with E-state index in [1.165, 1.54) is 4.31 Å². The number of amides is 1. The smallest absolute Gasteiger partial charge is 0.243 e. The highest BCUT2D eigenvalue weighted by atomic mass is 32.2. The molecule has 0 bridgehead atoms. The van der Waals surface area contributed by atoms with Crippen molar-refractivity contribution >= 4 is 27.3 Å². The summed E-state index contributed by atoms with van der Waals surface area (Å²) in [4.78, 5) is 12.9. The van der Waals surface area contributed by atoms with Crippen molar-refractivity contribution in [3.05, 3.63) is 54.1 Å². The molecule has 3 rings (SSSR count). The first-order chi connectivity index (χ1) is 12.4. The zero-order valence-electron chi connectivity index (χ0n) is 14.7. The first-order valence-corrected chi connectivity index (χ1v) is 10.0. The van der Waals surface area contributed by atoms with E-state index in [4.69, 9.17) is 5.73 Å². The van der Waals surface area contributed by atoms with Crippen LogP contribution in [0.2, 0.25) is 0 Å². The minimum Gasteiger partial charge on any atom is -0.399 e. The van der Waals surface area contributed by atoms with Crippen molar-refractivity contribution in [1.29, 1.82) is 0 Å². The molecular weight excluding hydrogens is 350 g/mol. The summed E-state index contributed by atoms with van der Waals surface area (Å²) in [7, 11) is -3.58. The third kappa shape index (κ3) is 3.89. The molecule has 6 nitrogen and oxygen atoms in total. The van der Waals surface area contributed by atoms with Gasteiger partial charge in [0.05, 0.1) is 10.8 Å². The number of piperidine rings is 1. The molecule has 1 aliphatic rings. The molecule has 1 atom stereocenters. The quantitative estimate of drug-likeness (QED) is 0.806. The Hall–Kier alpha value is -2.38. The number of carbonyl (C=O) groups excluding carboxylic acids is 1. The van der Waals surface area contributed by atoms with Crippen molar-refractivity contribution in [2.75, 3.05) is 24.1 Å². The standard InChI is InChI=1S/C19H23N3O3S/c1-14-9-10-16(20)12-18(14)21-19(23)15-6-5-11-22(13-15)26(24,25)17-7-3-2-4-8-17/h2-4,7-10,12,15H,5-6,11,13,20H2,1H3,(H,21,23). The van der Waals surface area contributed by atoms with Gasteiger partial charge < -0.3 is 11.1 Å². The van der Waals surface area contributed by atoms with Crippen LogP contribution in [-0.2, 0) is 14.8 Å². The lowest BCUT2D eigenvalue weighted by atomic mass is 9.98. The summed E-state index contributed by atoms with van der Waals surface area (Å²) >= 11 is 0. The Labute approximate surface area is 154 Å². The molecule has 0 radical (unpaired) electrons. The highest BCUT2D eigenvalue weighted by Gasteiger charge is 2.33. The highest BCUT2D eigenvalue weighted by Crippen LogP contribution is 2.26. The number of nitrogens with two attached hydrogens (primary N) is 1. The van der Waals surface area contributed by atoms with E-state index in [1.807, 2.05) is 13.0 Å². The number of hydrogen-bond acceptors (Lipinski definition) is 4. The number of carbonyl (C=O) groups is 1. The molecule has 138 valence electrons. The molecule has 7 heteroatoms. The topological polar surface area (TPSA) is 92.5 Å². The minimum absolute atomic E-state index is 0.174. The van der Waals surface area contributed by atoms with Crippen LogP contribution >= 0.6 is 0 Å². The van der Waals surface area contributed by atoms with Crippen LogP contribution in [-0.4, -0.2) is 31.7 Å². The van der Waals surface area contributed by atoms with Gasteiger partial charge in [-0.25, -0.2) is 8.42 Å². The Balaban J connectivity index is 1.74. The second-order valence-corrected chi connectivity index (χ2v) is 8.52. The van der Waals surface area contributed by atoms with Gasteiger partial charge >= 0.3 is 0 Å². The molecule has 0 aromatic heterocycles. The third-order valence-electron chi connectivity index (χ3n) is 4.66. The average Bonchev–Trinajstić information content (AvgIpc) is 2.65. The summed E-state index contributed by atoms with van der Waals surface area (Å²) in [6, 6.07) is 13.7. The van der Waals surface area contributed by atoms with Crippen LogP contribution in [0.3, 0.4) is 0 Å². The number of nitrogen functional groups attached to an aromatic ring is 1. The van der Waals surface area contributed by atoms with Gasteiger partial charge in [0.2, 0.25) is 15.9 Å². The average molecular weight is 373 g/mol. The number of nitrogens with one attached hydrogen (secondary N) is 1. The molecule has 0 saturated carbocycles. The van der Waals surface area contributed by atoms with Gasteiger partial charge in [0, 0.05) is 24.5 Å². The van der Waals surface area contributed by atoms with Crippen LogP contribution in [0.1, 0.15) is 18.4 Å². The van der Waals surface area contributed by atoms with Gasteiger partial charge in [-0.05, 0) is 49.6 Å². The maximum absolute atomic E-state index is 12.8. The van der Waals surface area contributed by atoms with E-state index in [-0.39, 0.29) is 23.3 Å². The SMILES string of the molecule is Cc1ccc(N)cc1NC(=O)C1CCCN(S(=O)(=O)c2ccccc2)C1. The largest absolute Gasteiger partial charge is 0.399 e. The van der Waals surface area contributed by atoms with E-state index in [0.717, 1.165) is 5.56 Å². The van der Waals surface area contributed by atoms with Crippen LogP contribution < -0.4 is 11.1 Å². The first-order valence-electron chi connectivity index (χ1n) is 8.60. The van der Waals surface area contributed by atoms with E-state index in [9.17, 15) is 13.2 Å². The number of aryl methyl sites for hydroxylation is 1. The summed E-state index contributed by atoms with van der Waals surface area (Å²) in [6.45, 7) is 2.50. The molecule has 2 aromatic rings. The maximum atomic E-state index is 12.8. The second kappa shape index (κ2) is 7.47. The molecule has 0 spiro atoms. The fraction of sp³-hybridized carbons (Fsp3) is 0.316. The number of sulfonamides is 1. The molecule has 0 aliphatic carbocycles. The zero-order chi connectivity index (χ0) is 18.7. The van der Waals surface area contributed by atoms with E-state index < -0.39 is 10.0 Å². The van der Waals surface area contributed by atoms with Crippen LogP contribution in [0.5, 0.6) is 0 Å². The molecule has 1 saturated heterocycles. The van der Waals surface area contributed by atoms with Crippen molar-refractivity contribution < 1.29 is 13.2 Å². The van der Waals surface area contributed by atoms with Crippen LogP contribution in [0, 0.1) is 12.8 Å². The Bertz CT molecular complexity index is 898. The highest BCUT2D eigenvalue weighted by molar-refractivity contribution is 7.89. The van der Waals surface area contributed by atoms with Crippen LogP contribution in [0.4, 0.5) is 11.4 Å². The van der Waals surface area contributed by atoms with E-state index in [2.05, 4.69) is 5.32 Å². The fourth-order valence-electron chi connectivity index (χ4n) is 3.13. The van der Waals surface area contributed by atoms with Crippen LogP contribution in [0.15, 0.2) is 53.4 Å². The number of hydrogen-bond donors (Lipinski definition) is 2. The molecule has 1 aliphatic heterocycles. The van der Waals surface area contributed by atoms with Crippen molar-refractivity contribution in [2.24, 2.45) is 5.92 Å². The Morgan fingerprint density at radius 1 is 1.19 bits per heavy atom. The van der Waals surface area contributed by atoms with E-state index >= 15 is 0 Å². The van der Waals surface area contributed by atoms with Gasteiger partial charge in [0.1, 0.15) is 0 Å². The van der Waals surface area contributed by atoms with Gasteiger partial charge in [-0.1, -0.05) is 24.3 Å². The predicted molar refractivity (Wildman–Crippen MR) is 102 cm³/mol. The minimum atomic E-state index is -3.58. The summed E-state index contributed by atoms with van der Waals surface area (Å²) < 4.78 is 27.0. The van der Waals surface area contributed by atoms with Gasteiger partial charge in [-0.3, -0.25) is 4.79 Å². The van der Waals surface area contributed by atoms with Crippen molar-refractivity contribution in [1.82, 2.24) is 4.31 Å². The number of anilines is 2. The number of benzene rings is 2. The summed E-state index contributed by atoms with van der Waals surface area (Å²) in [5.74, 6) is -0.560. The lowest BCUT2D eigenvalue weighted by Crippen LogP contribution is -2.43. The van der Waals surface area contributed by atoms with Crippen LogP contribution in [0.25, 0.3) is 0 Å². The Kier molecular flexibility index (Phi) is 5.29. The van der Waals surface area contributed by atoms with Crippen molar-refractivity contribution in [3.8, 4) is 0 Å². The molecular formula is C19H23N3O3S. The van der Waals surface area contributed by atoms with E-state index in [0.29, 0.717) is 30.8 Å². The third-order valence-corrected chi connectivity index (χ3v) is 6.53. The van der Waals surface area contributed by atoms with Crippen molar-refractivity contribution in [3.63, 3.8) is 0 Å². The van der Waals surface area contributed by atoms with Gasteiger partial charge in [-0.15, -0.1) is 0 Å².